The van der Waals surface area contributed by atoms with Crippen molar-refractivity contribution in [3.8, 4) is 0 Å². The van der Waals surface area contributed by atoms with E-state index in [0.717, 1.165) is 10.9 Å². The molecular weight excluding hydrogens is 221 g/mol. The van der Waals surface area contributed by atoms with E-state index < -0.39 is 0 Å². The summed E-state index contributed by atoms with van der Waals surface area (Å²) in [5, 5.41) is 1.91. The molecule has 0 saturated carbocycles. The van der Waals surface area contributed by atoms with Gasteiger partial charge in [-0.1, -0.05) is 23.2 Å². The van der Waals surface area contributed by atoms with Gasteiger partial charge in [0.25, 0.3) is 0 Å². The van der Waals surface area contributed by atoms with Crippen molar-refractivity contribution in [2.24, 2.45) is 0 Å². The second-order valence-electron chi connectivity index (χ2n) is 3.10. The van der Waals surface area contributed by atoms with Crippen LogP contribution in [0.15, 0.2) is 23.0 Å². The van der Waals surface area contributed by atoms with Crippen LogP contribution in [-0.4, -0.2) is 4.98 Å². The van der Waals surface area contributed by atoms with Crippen LogP contribution < -0.4 is 5.56 Å². The van der Waals surface area contributed by atoms with Gasteiger partial charge in [-0.15, -0.1) is 0 Å². The molecule has 2 rings (SSSR count). The van der Waals surface area contributed by atoms with Crippen LogP contribution in [0.2, 0.25) is 10.0 Å². The zero-order valence-electron chi connectivity index (χ0n) is 7.40. The Balaban J connectivity index is 3.02. The van der Waals surface area contributed by atoms with Crippen molar-refractivity contribution in [2.75, 3.05) is 0 Å². The van der Waals surface area contributed by atoms with Crippen molar-refractivity contribution in [3.63, 3.8) is 0 Å². The monoisotopic (exact) mass is 227 g/mol. The molecule has 14 heavy (non-hydrogen) atoms. The first kappa shape index (κ1) is 9.56. The normalized spacial score (nSPS) is 10.8. The van der Waals surface area contributed by atoms with Gasteiger partial charge in [0.1, 0.15) is 0 Å². The number of pyridine rings is 1. The van der Waals surface area contributed by atoms with E-state index in [1.165, 1.54) is 6.07 Å². The van der Waals surface area contributed by atoms with Crippen LogP contribution in [0.3, 0.4) is 0 Å². The predicted octanol–water partition coefficient (Wildman–Crippen LogP) is 3.14. The topological polar surface area (TPSA) is 32.9 Å². The highest BCUT2D eigenvalue weighted by Gasteiger charge is 2.06. The Labute approximate surface area is 90.5 Å². The van der Waals surface area contributed by atoms with Crippen LogP contribution in [0.1, 0.15) is 5.56 Å². The number of aryl methyl sites for hydroxylation is 1. The van der Waals surface area contributed by atoms with Gasteiger partial charge >= 0.3 is 0 Å². The standard InChI is InChI=1S/C10H7Cl2NO/c1-5-4-7(11)10-6(9(5)12)2-3-8(14)13-10/h2-4H,1H3,(H,13,14). The van der Waals surface area contributed by atoms with Crippen LogP contribution >= 0.6 is 23.2 Å². The molecule has 1 aromatic heterocycles. The van der Waals surface area contributed by atoms with Crippen LogP contribution in [0.4, 0.5) is 0 Å². The van der Waals surface area contributed by atoms with Gasteiger partial charge in [-0.3, -0.25) is 4.79 Å². The number of nitrogens with one attached hydrogen (secondary N) is 1. The number of H-pyrrole nitrogens is 1. The third-order valence-corrected chi connectivity index (χ3v) is 2.88. The average Bonchev–Trinajstić information content (AvgIpc) is 2.14. The van der Waals surface area contributed by atoms with E-state index in [1.807, 2.05) is 6.92 Å². The van der Waals surface area contributed by atoms with Gasteiger partial charge in [-0.25, -0.2) is 0 Å². The average molecular weight is 228 g/mol. The molecule has 72 valence electrons. The molecule has 0 saturated heterocycles. The van der Waals surface area contributed by atoms with E-state index in [1.54, 1.807) is 12.1 Å². The quantitative estimate of drug-likeness (QED) is 0.738. The summed E-state index contributed by atoms with van der Waals surface area (Å²) >= 11 is 12.0. The second kappa shape index (κ2) is 3.30. The van der Waals surface area contributed by atoms with E-state index in [4.69, 9.17) is 23.2 Å². The summed E-state index contributed by atoms with van der Waals surface area (Å²) in [6.07, 6.45) is 0. The first-order valence-corrected chi connectivity index (χ1v) is 4.83. The third-order valence-electron chi connectivity index (χ3n) is 2.08. The number of hydrogen-bond donors (Lipinski definition) is 1. The Bertz CT molecular complexity index is 560. The van der Waals surface area contributed by atoms with Crippen LogP contribution in [0, 0.1) is 6.92 Å². The fraction of sp³-hybridized carbons (Fsp3) is 0.100. The molecule has 2 nitrogen and oxygen atoms in total. The maximum atomic E-state index is 11.1. The van der Waals surface area contributed by atoms with Gasteiger partial charge in [0.15, 0.2) is 0 Å². The minimum atomic E-state index is -0.181. The lowest BCUT2D eigenvalue weighted by Crippen LogP contribution is -2.03. The smallest absolute Gasteiger partial charge is 0.248 e. The molecule has 0 unspecified atom stereocenters. The maximum Gasteiger partial charge on any atom is 0.248 e. The number of aromatic nitrogens is 1. The molecular formula is C10H7Cl2NO. The Hall–Kier alpha value is -0.990. The number of rotatable bonds is 0. The molecule has 0 fully saturated rings. The van der Waals surface area contributed by atoms with E-state index in [0.29, 0.717) is 15.6 Å². The zero-order chi connectivity index (χ0) is 10.3. The lowest BCUT2D eigenvalue weighted by Gasteiger charge is -2.05. The summed E-state index contributed by atoms with van der Waals surface area (Å²) in [7, 11) is 0. The molecule has 0 spiro atoms. The highest BCUT2D eigenvalue weighted by Crippen LogP contribution is 2.30. The highest BCUT2D eigenvalue weighted by atomic mass is 35.5. The van der Waals surface area contributed by atoms with Gasteiger partial charge < -0.3 is 4.98 Å². The van der Waals surface area contributed by atoms with Gasteiger partial charge in [-0.2, -0.15) is 0 Å². The Morgan fingerprint density at radius 1 is 1.29 bits per heavy atom. The van der Waals surface area contributed by atoms with Crippen molar-refractivity contribution in [1.29, 1.82) is 0 Å². The predicted molar refractivity (Wildman–Crippen MR) is 59.3 cm³/mol. The molecule has 0 atom stereocenters. The lowest BCUT2D eigenvalue weighted by molar-refractivity contribution is 1.30. The molecule has 1 heterocycles. The highest BCUT2D eigenvalue weighted by molar-refractivity contribution is 6.40. The summed E-state index contributed by atoms with van der Waals surface area (Å²) in [5.74, 6) is 0. The number of benzene rings is 1. The largest absolute Gasteiger partial charge is 0.321 e. The first-order chi connectivity index (χ1) is 6.59. The summed E-state index contributed by atoms with van der Waals surface area (Å²) in [6.45, 7) is 1.87. The fourth-order valence-electron chi connectivity index (χ4n) is 1.38. The van der Waals surface area contributed by atoms with Crippen LogP contribution in [-0.2, 0) is 0 Å². The van der Waals surface area contributed by atoms with E-state index in [-0.39, 0.29) is 5.56 Å². The molecule has 1 N–H and O–H groups in total. The second-order valence-corrected chi connectivity index (χ2v) is 3.89. The van der Waals surface area contributed by atoms with E-state index in [2.05, 4.69) is 4.98 Å². The summed E-state index contributed by atoms with van der Waals surface area (Å²) in [5.41, 5.74) is 1.31. The zero-order valence-corrected chi connectivity index (χ0v) is 8.91. The molecule has 0 aliphatic carbocycles. The van der Waals surface area contributed by atoms with Crippen molar-refractivity contribution in [1.82, 2.24) is 4.98 Å². The lowest BCUT2D eigenvalue weighted by atomic mass is 10.1. The Morgan fingerprint density at radius 2 is 2.00 bits per heavy atom. The molecule has 1 aromatic carbocycles. The minimum absolute atomic E-state index is 0.181. The van der Waals surface area contributed by atoms with Crippen LogP contribution in [0.5, 0.6) is 0 Å². The molecule has 2 aromatic rings. The number of aromatic amines is 1. The maximum absolute atomic E-state index is 11.1. The Kier molecular flexibility index (Phi) is 2.25. The van der Waals surface area contributed by atoms with Gasteiger partial charge in [0.2, 0.25) is 5.56 Å². The molecule has 4 heteroatoms. The van der Waals surface area contributed by atoms with Crippen molar-refractivity contribution < 1.29 is 0 Å². The SMILES string of the molecule is Cc1cc(Cl)c2[nH]c(=O)ccc2c1Cl. The molecule has 0 radical (unpaired) electrons. The summed E-state index contributed by atoms with van der Waals surface area (Å²) in [6, 6.07) is 4.85. The van der Waals surface area contributed by atoms with E-state index >= 15 is 0 Å². The molecule has 0 aliphatic rings. The van der Waals surface area contributed by atoms with Gasteiger partial charge in [-0.05, 0) is 24.6 Å². The van der Waals surface area contributed by atoms with Crippen molar-refractivity contribution in [2.45, 2.75) is 6.92 Å². The van der Waals surface area contributed by atoms with E-state index in [9.17, 15) is 4.79 Å². The summed E-state index contributed by atoms with van der Waals surface area (Å²) in [4.78, 5) is 13.7. The minimum Gasteiger partial charge on any atom is -0.321 e. The van der Waals surface area contributed by atoms with Crippen LogP contribution in [0.25, 0.3) is 10.9 Å². The molecule has 0 bridgehead atoms. The third kappa shape index (κ3) is 1.41. The first-order valence-electron chi connectivity index (χ1n) is 4.07. The fourth-order valence-corrected chi connectivity index (χ4v) is 1.91. The molecule has 0 amide bonds. The number of fused-ring (bicyclic) bond motifs is 1. The van der Waals surface area contributed by atoms with Crippen molar-refractivity contribution >= 4 is 34.1 Å². The van der Waals surface area contributed by atoms with Gasteiger partial charge in [0.05, 0.1) is 15.6 Å². The van der Waals surface area contributed by atoms with Gasteiger partial charge in [0, 0.05) is 11.5 Å². The Morgan fingerprint density at radius 3 is 2.71 bits per heavy atom. The summed E-state index contributed by atoms with van der Waals surface area (Å²) < 4.78 is 0. The molecule has 0 aliphatic heterocycles. The van der Waals surface area contributed by atoms with Crippen molar-refractivity contribution in [3.05, 3.63) is 44.2 Å². The number of hydrogen-bond acceptors (Lipinski definition) is 1. The number of halogens is 2.